The lowest BCUT2D eigenvalue weighted by Gasteiger charge is -2.18. The van der Waals surface area contributed by atoms with Gasteiger partial charge in [-0.15, -0.1) is 0 Å². The van der Waals surface area contributed by atoms with Crippen LogP contribution >= 0.6 is 0 Å². The Balaban J connectivity index is 2.26. The highest BCUT2D eigenvalue weighted by Gasteiger charge is 2.26. The van der Waals surface area contributed by atoms with Crippen molar-refractivity contribution in [3.63, 3.8) is 0 Å². The third kappa shape index (κ3) is 2.10. The zero-order valence-electron chi connectivity index (χ0n) is 13.1. The monoisotopic (exact) mass is 293 g/mol. The summed E-state index contributed by atoms with van der Waals surface area (Å²) in [5.41, 5.74) is 5.51. The highest BCUT2D eigenvalue weighted by molar-refractivity contribution is 6.13. The molecular weight excluding hydrogens is 274 g/mol. The summed E-state index contributed by atoms with van der Waals surface area (Å²) < 4.78 is 5.25. The van der Waals surface area contributed by atoms with Crippen LogP contribution in [0.1, 0.15) is 34.0 Å². The first-order valence-electron chi connectivity index (χ1n) is 7.35. The molecule has 3 heteroatoms. The average molecular weight is 293 g/mol. The third-order valence-electron chi connectivity index (χ3n) is 4.24. The second-order valence-corrected chi connectivity index (χ2v) is 5.46. The van der Waals surface area contributed by atoms with E-state index in [-0.39, 0.29) is 5.91 Å². The first-order valence-corrected chi connectivity index (χ1v) is 7.35. The summed E-state index contributed by atoms with van der Waals surface area (Å²) in [7, 11) is 3.40. The molecule has 0 aromatic heterocycles. The van der Waals surface area contributed by atoms with Gasteiger partial charge in [0.1, 0.15) is 5.75 Å². The molecular formula is C19H19NO2. The Kier molecular flexibility index (Phi) is 3.49. The molecule has 1 aliphatic rings. The number of carbonyl (C=O) groups excluding carboxylic acids is 1. The Morgan fingerprint density at radius 2 is 1.86 bits per heavy atom. The predicted octanol–water partition coefficient (Wildman–Crippen LogP) is 3.91. The van der Waals surface area contributed by atoms with Gasteiger partial charge in [0.25, 0.3) is 5.91 Å². The number of carbonyl (C=O) groups is 1. The van der Waals surface area contributed by atoms with Gasteiger partial charge >= 0.3 is 0 Å². The molecule has 2 aromatic rings. The topological polar surface area (TPSA) is 29.5 Å². The van der Waals surface area contributed by atoms with Crippen LogP contribution in [0.4, 0.5) is 5.69 Å². The number of methoxy groups -OCH3 is 1. The van der Waals surface area contributed by atoms with Crippen molar-refractivity contribution in [3.05, 3.63) is 65.2 Å². The van der Waals surface area contributed by atoms with Gasteiger partial charge in [0.2, 0.25) is 0 Å². The van der Waals surface area contributed by atoms with Gasteiger partial charge in [-0.05, 0) is 53.5 Å². The SMILES string of the molecule is C=C1c2ccc(OC)cc2C(=O)N(C)c2ccc(CC)cc21. The number of hydrogen-bond acceptors (Lipinski definition) is 2. The summed E-state index contributed by atoms with van der Waals surface area (Å²) >= 11 is 0. The summed E-state index contributed by atoms with van der Waals surface area (Å²) in [4.78, 5) is 14.5. The lowest BCUT2D eigenvalue weighted by Crippen LogP contribution is -2.26. The fourth-order valence-corrected chi connectivity index (χ4v) is 2.86. The molecule has 0 unspecified atom stereocenters. The summed E-state index contributed by atoms with van der Waals surface area (Å²) in [6, 6.07) is 11.8. The number of amides is 1. The molecule has 0 spiro atoms. The molecule has 1 heterocycles. The Bertz CT molecular complexity index is 777. The van der Waals surface area contributed by atoms with E-state index in [1.54, 1.807) is 25.1 Å². The molecule has 0 saturated carbocycles. The Hall–Kier alpha value is -2.55. The molecule has 112 valence electrons. The summed E-state index contributed by atoms with van der Waals surface area (Å²) in [5.74, 6) is 0.631. The first kappa shape index (κ1) is 14.4. The van der Waals surface area contributed by atoms with E-state index in [9.17, 15) is 4.79 Å². The van der Waals surface area contributed by atoms with Gasteiger partial charge in [-0.25, -0.2) is 0 Å². The van der Waals surface area contributed by atoms with Gasteiger partial charge in [0, 0.05) is 12.6 Å². The van der Waals surface area contributed by atoms with Gasteiger partial charge < -0.3 is 9.64 Å². The summed E-state index contributed by atoms with van der Waals surface area (Å²) in [6.07, 6.45) is 0.952. The van der Waals surface area contributed by atoms with Crippen LogP contribution < -0.4 is 9.64 Å². The highest BCUT2D eigenvalue weighted by atomic mass is 16.5. The van der Waals surface area contributed by atoms with Crippen molar-refractivity contribution >= 4 is 17.2 Å². The Labute approximate surface area is 130 Å². The largest absolute Gasteiger partial charge is 0.497 e. The van der Waals surface area contributed by atoms with Crippen molar-refractivity contribution in [1.29, 1.82) is 0 Å². The zero-order valence-corrected chi connectivity index (χ0v) is 13.1. The quantitative estimate of drug-likeness (QED) is 0.840. The molecule has 0 fully saturated rings. The molecule has 1 aliphatic heterocycles. The maximum Gasteiger partial charge on any atom is 0.258 e. The maximum absolute atomic E-state index is 12.8. The number of ether oxygens (including phenoxy) is 1. The van der Waals surface area contributed by atoms with Crippen molar-refractivity contribution in [3.8, 4) is 5.75 Å². The number of anilines is 1. The lowest BCUT2D eigenvalue weighted by atomic mass is 9.94. The maximum atomic E-state index is 12.8. The second-order valence-electron chi connectivity index (χ2n) is 5.46. The second kappa shape index (κ2) is 5.34. The van der Waals surface area contributed by atoms with E-state index in [1.165, 1.54) is 5.56 Å². The molecule has 3 rings (SSSR count). The van der Waals surface area contributed by atoms with Crippen LogP contribution in [0.15, 0.2) is 43.0 Å². The average Bonchev–Trinajstić information content (AvgIpc) is 2.64. The van der Waals surface area contributed by atoms with E-state index in [0.29, 0.717) is 11.3 Å². The van der Waals surface area contributed by atoms with E-state index >= 15 is 0 Å². The van der Waals surface area contributed by atoms with Gasteiger partial charge in [0.15, 0.2) is 0 Å². The fourth-order valence-electron chi connectivity index (χ4n) is 2.86. The van der Waals surface area contributed by atoms with Crippen LogP contribution in [0.5, 0.6) is 5.75 Å². The van der Waals surface area contributed by atoms with Gasteiger partial charge in [-0.3, -0.25) is 4.79 Å². The minimum Gasteiger partial charge on any atom is -0.497 e. The zero-order chi connectivity index (χ0) is 15.9. The predicted molar refractivity (Wildman–Crippen MR) is 89.7 cm³/mol. The summed E-state index contributed by atoms with van der Waals surface area (Å²) in [6.45, 7) is 6.36. The number of nitrogens with zero attached hydrogens (tertiary/aromatic N) is 1. The molecule has 2 aromatic carbocycles. The molecule has 0 radical (unpaired) electrons. The van der Waals surface area contributed by atoms with Crippen molar-refractivity contribution < 1.29 is 9.53 Å². The fraction of sp³-hybridized carbons (Fsp3) is 0.211. The molecule has 0 saturated heterocycles. The molecule has 3 nitrogen and oxygen atoms in total. The number of rotatable bonds is 2. The van der Waals surface area contributed by atoms with Crippen molar-refractivity contribution in [2.24, 2.45) is 0 Å². The normalized spacial score (nSPS) is 13.5. The standard InChI is InChI=1S/C19H19NO2/c1-5-13-6-9-18-16(10-13)12(2)15-8-7-14(22-4)11-17(15)19(21)20(18)3/h6-11H,2,5H2,1,3-4H3. The van der Waals surface area contributed by atoms with Crippen molar-refractivity contribution in [2.75, 3.05) is 19.1 Å². The Morgan fingerprint density at radius 3 is 2.55 bits per heavy atom. The third-order valence-corrected chi connectivity index (χ3v) is 4.24. The summed E-state index contributed by atoms with van der Waals surface area (Å²) in [5, 5.41) is 0. The van der Waals surface area contributed by atoms with Crippen LogP contribution in [0.25, 0.3) is 5.57 Å². The molecule has 1 amide bonds. The minimum absolute atomic E-state index is 0.0435. The van der Waals surface area contributed by atoms with Crippen molar-refractivity contribution in [1.82, 2.24) is 0 Å². The van der Waals surface area contributed by atoms with Crippen LogP contribution in [0.3, 0.4) is 0 Å². The number of benzene rings is 2. The van der Waals surface area contributed by atoms with Gasteiger partial charge in [-0.2, -0.15) is 0 Å². The van der Waals surface area contributed by atoms with E-state index in [0.717, 1.165) is 28.8 Å². The first-order chi connectivity index (χ1) is 10.6. The number of fused-ring (bicyclic) bond motifs is 2. The highest BCUT2D eigenvalue weighted by Crippen LogP contribution is 2.38. The Morgan fingerprint density at radius 1 is 1.09 bits per heavy atom. The van der Waals surface area contributed by atoms with E-state index in [4.69, 9.17) is 4.74 Å². The number of aryl methyl sites for hydroxylation is 1. The van der Waals surface area contributed by atoms with Crippen LogP contribution in [0.2, 0.25) is 0 Å². The lowest BCUT2D eigenvalue weighted by molar-refractivity contribution is 0.0993. The van der Waals surface area contributed by atoms with Gasteiger partial charge in [-0.1, -0.05) is 19.6 Å². The molecule has 0 atom stereocenters. The van der Waals surface area contributed by atoms with Crippen LogP contribution in [0, 0.1) is 0 Å². The number of hydrogen-bond donors (Lipinski definition) is 0. The molecule has 0 aliphatic carbocycles. The van der Waals surface area contributed by atoms with Gasteiger partial charge in [0.05, 0.1) is 18.4 Å². The van der Waals surface area contributed by atoms with E-state index in [1.807, 2.05) is 18.2 Å². The molecule has 0 bridgehead atoms. The van der Waals surface area contributed by atoms with Crippen LogP contribution in [-0.4, -0.2) is 20.1 Å². The van der Waals surface area contributed by atoms with Crippen molar-refractivity contribution in [2.45, 2.75) is 13.3 Å². The van der Waals surface area contributed by atoms with E-state index in [2.05, 4.69) is 25.6 Å². The van der Waals surface area contributed by atoms with Crippen LogP contribution in [-0.2, 0) is 6.42 Å². The smallest absolute Gasteiger partial charge is 0.258 e. The molecule has 22 heavy (non-hydrogen) atoms. The van der Waals surface area contributed by atoms with E-state index < -0.39 is 0 Å². The molecule has 0 N–H and O–H groups in total. The minimum atomic E-state index is -0.0435.